The number of nitrogens with two attached hydrogens (primary N) is 2. The molecular formula is C4H6ClN3. The van der Waals surface area contributed by atoms with Gasteiger partial charge in [0.15, 0.2) is 0 Å². The number of halogens is 1. The third-order valence-corrected chi connectivity index (χ3v) is 1.13. The highest BCUT2D eigenvalue weighted by Crippen LogP contribution is 2.18. The monoisotopic (exact) mass is 131 g/mol. The van der Waals surface area contributed by atoms with E-state index in [1.165, 1.54) is 0 Å². The Hall–Kier alpha value is -0.830. The first-order valence-electron chi connectivity index (χ1n) is 2.09. The SMILES string of the molecule is Nc1cc(N)c(Cl)[nH]1. The van der Waals surface area contributed by atoms with Gasteiger partial charge in [0.1, 0.15) is 11.0 Å². The van der Waals surface area contributed by atoms with Gasteiger partial charge in [-0.3, -0.25) is 0 Å². The fraction of sp³-hybridized carbons (Fsp3) is 0. The first kappa shape index (κ1) is 5.31. The first-order valence-corrected chi connectivity index (χ1v) is 2.47. The van der Waals surface area contributed by atoms with Gasteiger partial charge in [-0.2, -0.15) is 0 Å². The third kappa shape index (κ3) is 0.721. The Morgan fingerprint density at radius 1 is 1.50 bits per heavy atom. The van der Waals surface area contributed by atoms with Gasteiger partial charge < -0.3 is 16.5 Å². The summed E-state index contributed by atoms with van der Waals surface area (Å²) in [7, 11) is 0. The third-order valence-electron chi connectivity index (χ3n) is 0.819. The molecule has 0 amide bonds. The summed E-state index contributed by atoms with van der Waals surface area (Å²) in [6.07, 6.45) is 0. The maximum atomic E-state index is 5.47. The second-order valence-corrected chi connectivity index (χ2v) is 1.87. The molecule has 0 aromatic carbocycles. The lowest BCUT2D eigenvalue weighted by Gasteiger charge is -1.79. The van der Waals surface area contributed by atoms with Crippen molar-refractivity contribution in [2.24, 2.45) is 0 Å². The minimum atomic E-state index is 0.405. The van der Waals surface area contributed by atoms with Crippen LogP contribution in [0.25, 0.3) is 0 Å². The van der Waals surface area contributed by atoms with E-state index in [1.807, 2.05) is 0 Å². The average molecular weight is 132 g/mol. The van der Waals surface area contributed by atoms with Crippen LogP contribution in [0.15, 0.2) is 6.07 Å². The number of nitrogen functional groups attached to an aromatic ring is 2. The fourth-order valence-electron chi connectivity index (χ4n) is 0.466. The van der Waals surface area contributed by atoms with E-state index >= 15 is 0 Å². The Morgan fingerprint density at radius 2 is 2.12 bits per heavy atom. The zero-order chi connectivity index (χ0) is 6.15. The molecule has 0 unspecified atom stereocenters. The second-order valence-electron chi connectivity index (χ2n) is 1.49. The van der Waals surface area contributed by atoms with Crippen molar-refractivity contribution in [2.45, 2.75) is 0 Å². The van der Waals surface area contributed by atoms with E-state index in [1.54, 1.807) is 6.07 Å². The van der Waals surface area contributed by atoms with Crippen LogP contribution in [0.4, 0.5) is 11.5 Å². The zero-order valence-electron chi connectivity index (χ0n) is 4.11. The van der Waals surface area contributed by atoms with Gasteiger partial charge in [-0.05, 0) is 0 Å². The van der Waals surface area contributed by atoms with E-state index in [0.717, 1.165) is 0 Å². The number of hydrogen-bond donors (Lipinski definition) is 3. The van der Waals surface area contributed by atoms with Crippen molar-refractivity contribution in [3.8, 4) is 0 Å². The second kappa shape index (κ2) is 1.59. The molecule has 0 bridgehead atoms. The van der Waals surface area contributed by atoms with Crippen molar-refractivity contribution in [3.05, 3.63) is 11.2 Å². The minimum Gasteiger partial charge on any atom is -0.396 e. The molecule has 0 radical (unpaired) electrons. The lowest BCUT2D eigenvalue weighted by atomic mass is 10.5. The van der Waals surface area contributed by atoms with Gasteiger partial charge in [0.2, 0.25) is 0 Å². The predicted octanol–water partition coefficient (Wildman–Crippen LogP) is 0.833. The van der Waals surface area contributed by atoms with E-state index < -0.39 is 0 Å². The topological polar surface area (TPSA) is 67.8 Å². The Kier molecular flexibility index (Phi) is 1.06. The van der Waals surface area contributed by atoms with Crippen LogP contribution in [0, 0.1) is 0 Å². The lowest BCUT2D eigenvalue weighted by molar-refractivity contribution is 1.42. The molecule has 44 valence electrons. The van der Waals surface area contributed by atoms with Crippen molar-refractivity contribution in [3.63, 3.8) is 0 Å². The number of hydrogen-bond acceptors (Lipinski definition) is 2. The number of aromatic nitrogens is 1. The molecule has 4 heteroatoms. The van der Waals surface area contributed by atoms with Gasteiger partial charge in [-0.15, -0.1) is 0 Å². The van der Waals surface area contributed by atoms with Crippen LogP contribution in [-0.4, -0.2) is 4.98 Å². The molecule has 3 nitrogen and oxygen atoms in total. The first-order chi connectivity index (χ1) is 3.70. The van der Waals surface area contributed by atoms with Gasteiger partial charge in [-0.25, -0.2) is 0 Å². The summed E-state index contributed by atoms with van der Waals surface area (Å²) in [4.78, 5) is 2.63. The van der Waals surface area contributed by atoms with E-state index in [-0.39, 0.29) is 0 Å². The molecular weight excluding hydrogens is 126 g/mol. The van der Waals surface area contributed by atoms with Crippen molar-refractivity contribution >= 4 is 23.1 Å². The van der Waals surface area contributed by atoms with E-state index in [0.29, 0.717) is 16.7 Å². The summed E-state index contributed by atoms with van der Waals surface area (Å²) in [5.74, 6) is 0.493. The number of rotatable bonds is 0. The molecule has 0 aliphatic heterocycles. The van der Waals surface area contributed by atoms with E-state index in [4.69, 9.17) is 23.1 Å². The summed E-state index contributed by atoms with van der Waals surface area (Å²) in [5, 5.41) is 0.405. The molecule has 8 heavy (non-hydrogen) atoms. The molecule has 0 aliphatic carbocycles. The van der Waals surface area contributed by atoms with Crippen LogP contribution in [-0.2, 0) is 0 Å². The molecule has 1 aromatic heterocycles. The molecule has 0 spiro atoms. The zero-order valence-corrected chi connectivity index (χ0v) is 4.87. The summed E-state index contributed by atoms with van der Waals surface area (Å²) >= 11 is 5.47. The fourth-order valence-corrected chi connectivity index (χ4v) is 0.630. The maximum absolute atomic E-state index is 5.47. The van der Waals surface area contributed by atoms with Crippen molar-refractivity contribution in [1.82, 2.24) is 4.98 Å². The Balaban J connectivity index is 3.14. The van der Waals surface area contributed by atoms with E-state index in [9.17, 15) is 0 Å². The van der Waals surface area contributed by atoms with Crippen LogP contribution in [0.2, 0.25) is 5.15 Å². The van der Waals surface area contributed by atoms with Crippen molar-refractivity contribution in [1.29, 1.82) is 0 Å². The molecule has 0 aliphatic rings. The standard InChI is InChI=1S/C4H6ClN3/c5-4-2(6)1-3(7)8-4/h1,8H,6-7H2. The van der Waals surface area contributed by atoms with Crippen LogP contribution in [0.1, 0.15) is 0 Å². The van der Waals surface area contributed by atoms with Crippen molar-refractivity contribution < 1.29 is 0 Å². The predicted molar refractivity (Wildman–Crippen MR) is 34.6 cm³/mol. The van der Waals surface area contributed by atoms with Gasteiger partial charge in [0.25, 0.3) is 0 Å². The number of H-pyrrole nitrogens is 1. The van der Waals surface area contributed by atoms with Crippen LogP contribution in [0.5, 0.6) is 0 Å². The minimum absolute atomic E-state index is 0.405. The average Bonchev–Trinajstić information content (AvgIpc) is 1.85. The lowest BCUT2D eigenvalue weighted by Crippen LogP contribution is -1.80. The highest BCUT2D eigenvalue weighted by molar-refractivity contribution is 6.32. The van der Waals surface area contributed by atoms with Crippen molar-refractivity contribution in [2.75, 3.05) is 11.5 Å². The molecule has 1 aromatic rings. The molecule has 0 saturated heterocycles. The molecule has 1 rings (SSSR count). The summed E-state index contributed by atoms with van der Waals surface area (Å²) in [6.45, 7) is 0. The summed E-state index contributed by atoms with van der Waals surface area (Å²) in [6, 6.07) is 1.57. The highest BCUT2D eigenvalue weighted by atomic mass is 35.5. The van der Waals surface area contributed by atoms with Crippen LogP contribution in [0.3, 0.4) is 0 Å². The molecule has 0 atom stereocenters. The Bertz CT molecular complexity index is 174. The number of aromatic amines is 1. The quantitative estimate of drug-likeness (QED) is 0.488. The van der Waals surface area contributed by atoms with Gasteiger partial charge in [0, 0.05) is 6.07 Å². The Morgan fingerprint density at radius 3 is 2.25 bits per heavy atom. The molecule has 1 heterocycles. The van der Waals surface area contributed by atoms with Crippen LogP contribution < -0.4 is 11.5 Å². The summed E-state index contributed by atoms with van der Waals surface area (Å²) < 4.78 is 0. The van der Waals surface area contributed by atoms with Crippen LogP contribution >= 0.6 is 11.6 Å². The number of anilines is 2. The summed E-state index contributed by atoms with van der Waals surface area (Å²) in [5.41, 5.74) is 11.0. The Labute approximate surface area is 51.6 Å². The normalized spacial score (nSPS) is 9.62. The van der Waals surface area contributed by atoms with Gasteiger partial charge >= 0.3 is 0 Å². The molecule has 5 N–H and O–H groups in total. The molecule has 0 fully saturated rings. The van der Waals surface area contributed by atoms with E-state index in [2.05, 4.69) is 4.98 Å². The van der Waals surface area contributed by atoms with Gasteiger partial charge in [0.05, 0.1) is 5.69 Å². The largest absolute Gasteiger partial charge is 0.396 e. The maximum Gasteiger partial charge on any atom is 0.131 e. The smallest absolute Gasteiger partial charge is 0.131 e. The molecule has 0 saturated carbocycles. The number of nitrogens with one attached hydrogen (secondary N) is 1. The highest BCUT2D eigenvalue weighted by Gasteiger charge is 1.96. The van der Waals surface area contributed by atoms with Gasteiger partial charge in [-0.1, -0.05) is 11.6 Å².